The Morgan fingerprint density at radius 2 is 2.06 bits per heavy atom. The summed E-state index contributed by atoms with van der Waals surface area (Å²) in [5.74, 6) is 0.405. The lowest BCUT2D eigenvalue weighted by atomic mass is 9.99. The number of rotatable bonds is 6. The molecule has 2 amide bonds. The van der Waals surface area contributed by atoms with Gasteiger partial charge in [-0.1, -0.05) is 6.07 Å². The van der Waals surface area contributed by atoms with E-state index in [1.54, 1.807) is 36.7 Å². The molecule has 1 aromatic carbocycles. The first-order valence-electron chi connectivity index (χ1n) is 11.1. The fourth-order valence-corrected chi connectivity index (χ4v) is 4.14. The Morgan fingerprint density at radius 1 is 1.19 bits per heavy atom. The molecule has 1 aliphatic rings. The zero-order valence-electron chi connectivity index (χ0n) is 18.3. The second kappa shape index (κ2) is 10.2. The fourth-order valence-electron chi connectivity index (χ4n) is 4.14. The van der Waals surface area contributed by atoms with Gasteiger partial charge < -0.3 is 9.80 Å². The highest BCUT2D eigenvalue weighted by Crippen LogP contribution is 2.21. The van der Waals surface area contributed by atoms with Gasteiger partial charge in [-0.2, -0.15) is 15.4 Å². The fraction of sp³-hybridized carbons (Fsp3) is 0.375. The van der Waals surface area contributed by atoms with Crippen LogP contribution in [0.1, 0.15) is 42.1 Å². The van der Waals surface area contributed by atoms with Crippen LogP contribution in [0.25, 0.3) is 17.1 Å². The summed E-state index contributed by atoms with van der Waals surface area (Å²) in [5.41, 5.74) is 2.97. The Balaban J connectivity index is 1.34. The molecule has 0 spiro atoms. The lowest BCUT2D eigenvalue weighted by molar-refractivity contribution is -0.125. The minimum atomic E-state index is 0.00832. The van der Waals surface area contributed by atoms with Gasteiger partial charge in [-0.15, -0.1) is 0 Å². The molecule has 1 N–H and O–H groups in total. The molecule has 1 atom stereocenters. The molecule has 166 valence electrons. The number of hydrogen-bond donors (Lipinski definition) is 1. The average molecular weight is 433 g/mol. The van der Waals surface area contributed by atoms with Gasteiger partial charge in [0, 0.05) is 50.2 Å². The molecule has 0 unspecified atom stereocenters. The van der Waals surface area contributed by atoms with Crippen LogP contribution in [0.2, 0.25) is 0 Å². The van der Waals surface area contributed by atoms with Gasteiger partial charge in [0.15, 0.2) is 0 Å². The number of aromatic amines is 1. The van der Waals surface area contributed by atoms with Gasteiger partial charge in [0.2, 0.25) is 5.91 Å². The number of aromatic nitrogens is 4. The van der Waals surface area contributed by atoms with E-state index in [0.29, 0.717) is 36.6 Å². The number of carbonyl (C=O) groups is 2. The Morgan fingerprint density at radius 3 is 2.88 bits per heavy atom. The van der Waals surface area contributed by atoms with Gasteiger partial charge in [0.05, 0.1) is 0 Å². The van der Waals surface area contributed by atoms with Crippen molar-refractivity contribution in [3.63, 3.8) is 0 Å². The molecule has 4 rings (SSSR count). The molecular weight excluding hydrogens is 404 g/mol. The number of pyridine rings is 1. The summed E-state index contributed by atoms with van der Waals surface area (Å²) >= 11 is 0. The van der Waals surface area contributed by atoms with Crippen molar-refractivity contribution in [3.8, 4) is 0 Å². The van der Waals surface area contributed by atoms with Gasteiger partial charge >= 0.3 is 0 Å². The first-order chi connectivity index (χ1) is 15.6. The summed E-state index contributed by atoms with van der Waals surface area (Å²) in [4.78, 5) is 33.6. The maximum atomic E-state index is 13.1. The lowest BCUT2D eigenvalue weighted by Crippen LogP contribution is -2.36. The van der Waals surface area contributed by atoms with E-state index in [0.717, 1.165) is 36.9 Å². The number of nitrogens with one attached hydrogen (secondary N) is 1. The second-order valence-corrected chi connectivity index (χ2v) is 8.11. The van der Waals surface area contributed by atoms with E-state index >= 15 is 0 Å². The van der Waals surface area contributed by atoms with Crippen molar-refractivity contribution in [2.75, 3.05) is 26.2 Å². The van der Waals surface area contributed by atoms with Crippen LogP contribution in [0.4, 0.5) is 0 Å². The molecule has 8 nitrogen and oxygen atoms in total. The number of H-pyrrole nitrogens is 1. The SMILES string of the molecule is CCN(C[C@H]1CCCN(C(=O)/C=C/c2cccnc2)CC1)C(=O)c1ccc2n[nH]nc2c1. The van der Waals surface area contributed by atoms with Gasteiger partial charge in [-0.25, -0.2) is 0 Å². The van der Waals surface area contributed by atoms with Crippen LogP contribution in [0.3, 0.4) is 0 Å². The zero-order valence-corrected chi connectivity index (χ0v) is 18.3. The number of nitrogens with zero attached hydrogens (tertiary/aromatic N) is 5. The summed E-state index contributed by atoms with van der Waals surface area (Å²) in [6.45, 7) is 4.79. The second-order valence-electron chi connectivity index (χ2n) is 8.11. The standard InChI is InChI=1S/C24H28N6O2/c1-2-29(24(32)20-8-9-21-22(15-20)27-28-26-21)17-19-6-4-13-30(14-11-19)23(31)10-7-18-5-3-12-25-16-18/h3,5,7-10,12,15-16,19H,2,4,6,11,13-14,17H2,1H3,(H,26,27,28)/b10-7+/t19-/m0/s1. The molecule has 3 aromatic rings. The van der Waals surface area contributed by atoms with E-state index in [2.05, 4.69) is 20.4 Å². The number of fused-ring (bicyclic) bond motifs is 1. The van der Waals surface area contributed by atoms with E-state index in [1.807, 2.05) is 34.9 Å². The smallest absolute Gasteiger partial charge is 0.253 e. The third-order valence-corrected chi connectivity index (χ3v) is 5.97. The number of likely N-dealkylation sites (tertiary alicyclic amines) is 1. The van der Waals surface area contributed by atoms with E-state index in [-0.39, 0.29) is 11.8 Å². The van der Waals surface area contributed by atoms with Gasteiger partial charge in [0.1, 0.15) is 11.0 Å². The quantitative estimate of drug-likeness (QED) is 0.604. The molecule has 8 heteroatoms. The molecular formula is C24H28N6O2. The number of hydrogen-bond acceptors (Lipinski definition) is 5. The van der Waals surface area contributed by atoms with Crippen LogP contribution in [0.5, 0.6) is 0 Å². The van der Waals surface area contributed by atoms with Crippen LogP contribution in [-0.4, -0.2) is 68.2 Å². The van der Waals surface area contributed by atoms with Gasteiger partial charge in [-0.3, -0.25) is 14.6 Å². The number of benzene rings is 1. The van der Waals surface area contributed by atoms with Crippen LogP contribution in [0.15, 0.2) is 48.8 Å². The molecule has 1 fully saturated rings. The van der Waals surface area contributed by atoms with Crippen LogP contribution >= 0.6 is 0 Å². The maximum absolute atomic E-state index is 13.1. The lowest BCUT2D eigenvalue weighted by Gasteiger charge is -2.26. The predicted octanol–water partition coefficient (Wildman–Crippen LogP) is 3.16. The first-order valence-corrected chi connectivity index (χ1v) is 11.1. The highest BCUT2D eigenvalue weighted by atomic mass is 16.2. The summed E-state index contributed by atoms with van der Waals surface area (Å²) in [6, 6.07) is 9.18. The van der Waals surface area contributed by atoms with Crippen molar-refractivity contribution >= 4 is 28.9 Å². The first kappa shape index (κ1) is 21.7. The van der Waals surface area contributed by atoms with Crippen molar-refractivity contribution < 1.29 is 9.59 Å². The molecule has 1 saturated heterocycles. The summed E-state index contributed by atoms with van der Waals surface area (Å²) in [5, 5.41) is 10.7. The monoisotopic (exact) mass is 432 g/mol. The average Bonchev–Trinajstić information content (AvgIpc) is 3.18. The predicted molar refractivity (Wildman–Crippen MR) is 123 cm³/mol. The van der Waals surface area contributed by atoms with Crippen LogP contribution in [-0.2, 0) is 4.79 Å². The number of amides is 2. The van der Waals surface area contributed by atoms with E-state index < -0.39 is 0 Å². The minimum Gasteiger partial charge on any atom is -0.339 e. The molecule has 1 aliphatic heterocycles. The van der Waals surface area contributed by atoms with Crippen molar-refractivity contribution in [2.24, 2.45) is 5.92 Å². The van der Waals surface area contributed by atoms with Gasteiger partial charge in [-0.05, 0) is 68.0 Å². The molecule has 0 radical (unpaired) electrons. The molecule has 32 heavy (non-hydrogen) atoms. The highest BCUT2D eigenvalue weighted by molar-refractivity contribution is 5.97. The van der Waals surface area contributed by atoms with Crippen molar-refractivity contribution in [3.05, 3.63) is 59.9 Å². The van der Waals surface area contributed by atoms with E-state index in [1.165, 1.54) is 0 Å². The molecule has 2 aromatic heterocycles. The van der Waals surface area contributed by atoms with E-state index in [4.69, 9.17) is 0 Å². The Hall–Kier alpha value is -3.55. The molecule has 0 aliphatic carbocycles. The van der Waals surface area contributed by atoms with Crippen molar-refractivity contribution in [2.45, 2.75) is 26.2 Å². The molecule has 3 heterocycles. The van der Waals surface area contributed by atoms with Crippen LogP contribution in [0, 0.1) is 5.92 Å². The largest absolute Gasteiger partial charge is 0.339 e. The third kappa shape index (κ3) is 5.19. The topological polar surface area (TPSA) is 95.1 Å². The Kier molecular flexibility index (Phi) is 6.89. The maximum Gasteiger partial charge on any atom is 0.253 e. The van der Waals surface area contributed by atoms with Crippen molar-refractivity contribution in [1.82, 2.24) is 30.2 Å². The van der Waals surface area contributed by atoms with Crippen LogP contribution < -0.4 is 0 Å². The minimum absolute atomic E-state index is 0.00832. The van der Waals surface area contributed by atoms with Gasteiger partial charge in [0.25, 0.3) is 5.91 Å². The van der Waals surface area contributed by atoms with E-state index in [9.17, 15) is 9.59 Å². The normalized spacial score (nSPS) is 16.9. The Labute approximate surface area is 187 Å². The molecule has 0 bridgehead atoms. The summed E-state index contributed by atoms with van der Waals surface area (Å²) in [6.07, 6.45) is 9.71. The Bertz CT molecular complexity index is 1090. The zero-order chi connectivity index (χ0) is 22.3. The summed E-state index contributed by atoms with van der Waals surface area (Å²) < 4.78 is 0. The molecule has 0 saturated carbocycles. The number of carbonyl (C=O) groups excluding carboxylic acids is 2. The highest BCUT2D eigenvalue weighted by Gasteiger charge is 2.23. The third-order valence-electron chi connectivity index (χ3n) is 5.97. The summed E-state index contributed by atoms with van der Waals surface area (Å²) in [7, 11) is 0. The van der Waals surface area contributed by atoms with Crippen molar-refractivity contribution in [1.29, 1.82) is 0 Å².